The predicted molar refractivity (Wildman–Crippen MR) is 65.5 cm³/mol. The highest BCUT2D eigenvalue weighted by atomic mass is 35.5. The van der Waals surface area contributed by atoms with E-state index >= 15 is 0 Å². The minimum absolute atomic E-state index is 0.0416. The highest BCUT2D eigenvalue weighted by Gasteiger charge is 2.15. The lowest BCUT2D eigenvalue weighted by Gasteiger charge is -2.22. The summed E-state index contributed by atoms with van der Waals surface area (Å²) in [5.74, 6) is -0.316. The average Bonchev–Trinajstić information content (AvgIpc) is 2.29. The van der Waals surface area contributed by atoms with Gasteiger partial charge in [-0.1, -0.05) is 17.7 Å². The maximum Gasteiger partial charge on any atom is 0.171 e. The lowest BCUT2D eigenvalue weighted by molar-refractivity contribution is -0.119. The first kappa shape index (κ1) is 14.4. The maximum atomic E-state index is 13.5. The third-order valence-corrected chi connectivity index (χ3v) is 2.74. The van der Waals surface area contributed by atoms with Crippen molar-refractivity contribution in [1.82, 2.24) is 5.32 Å². The molecule has 3 nitrogen and oxygen atoms in total. The van der Waals surface area contributed by atoms with E-state index in [0.717, 1.165) is 0 Å². The van der Waals surface area contributed by atoms with Crippen molar-refractivity contribution in [2.75, 3.05) is 14.2 Å². The first-order chi connectivity index (χ1) is 8.08. The van der Waals surface area contributed by atoms with Crippen LogP contribution in [0.5, 0.6) is 0 Å². The molecule has 17 heavy (non-hydrogen) atoms. The van der Waals surface area contributed by atoms with E-state index < -0.39 is 0 Å². The largest absolute Gasteiger partial charge is 0.354 e. The van der Waals surface area contributed by atoms with Crippen molar-refractivity contribution in [2.45, 2.75) is 25.8 Å². The molecule has 1 aromatic rings. The van der Waals surface area contributed by atoms with Gasteiger partial charge >= 0.3 is 0 Å². The monoisotopic (exact) mass is 261 g/mol. The summed E-state index contributed by atoms with van der Waals surface area (Å²) >= 11 is 5.67. The minimum Gasteiger partial charge on any atom is -0.354 e. The Hall–Kier alpha value is -0.680. The molecule has 0 saturated carbocycles. The van der Waals surface area contributed by atoms with Gasteiger partial charge in [0.1, 0.15) is 5.82 Å². The zero-order valence-electron chi connectivity index (χ0n) is 10.2. The molecule has 0 fully saturated rings. The summed E-state index contributed by atoms with van der Waals surface area (Å²) < 4.78 is 23.7. The zero-order chi connectivity index (χ0) is 12.8. The Kier molecular flexibility index (Phi) is 5.85. The first-order valence-electron chi connectivity index (χ1n) is 5.31. The molecule has 0 saturated heterocycles. The molecular formula is C12H17ClFNO2. The van der Waals surface area contributed by atoms with E-state index in [1.807, 2.05) is 6.92 Å². The van der Waals surface area contributed by atoms with Crippen molar-refractivity contribution in [3.05, 3.63) is 34.6 Å². The second-order valence-electron chi connectivity index (χ2n) is 3.75. The van der Waals surface area contributed by atoms with E-state index in [2.05, 4.69) is 5.32 Å². The van der Waals surface area contributed by atoms with Crippen LogP contribution in [-0.2, 0) is 16.0 Å². The van der Waals surface area contributed by atoms with Gasteiger partial charge in [0.15, 0.2) is 6.29 Å². The molecule has 5 heteroatoms. The van der Waals surface area contributed by atoms with E-state index in [-0.39, 0.29) is 18.1 Å². The van der Waals surface area contributed by atoms with Crippen LogP contribution in [0, 0.1) is 5.82 Å². The van der Waals surface area contributed by atoms with Crippen LogP contribution >= 0.6 is 11.6 Å². The fourth-order valence-electron chi connectivity index (χ4n) is 1.54. The van der Waals surface area contributed by atoms with Crippen LogP contribution in [0.1, 0.15) is 12.5 Å². The van der Waals surface area contributed by atoms with Gasteiger partial charge in [-0.3, -0.25) is 0 Å². The zero-order valence-corrected chi connectivity index (χ0v) is 10.9. The molecule has 0 aliphatic heterocycles. The summed E-state index contributed by atoms with van der Waals surface area (Å²) in [6.45, 7) is 2.30. The number of nitrogens with one attached hydrogen (secondary N) is 1. The van der Waals surface area contributed by atoms with Crippen molar-refractivity contribution in [3.63, 3.8) is 0 Å². The number of rotatable bonds is 6. The number of halogens is 2. The molecule has 0 heterocycles. The van der Waals surface area contributed by atoms with Gasteiger partial charge < -0.3 is 14.8 Å². The Bertz CT molecular complexity index is 358. The quantitative estimate of drug-likeness (QED) is 0.799. The molecule has 1 N–H and O–H groups in total. The van der Waals surface area contributed by atoms with E-state index in [9.17, 15) is 4.39 Å². The third-order valence-electron chi connectivity index (χ3n) is 2.50. The van der Waals surface area contributed by atoms with Gasteiger partial charge in [-0.25, -0.2) is 4.39 Å². The summed E-state index contributed by atoms with van der Waals surface area (Å²) in [6, 6.07) is 4.58. The van der Waals surface area contributed by atoms with Crippen LogP contribution in [0.25, 0.3) is 0 Å². The summed E-state index contributed by atoms with van der Waals surface area (Å²) in [6.07, 6.45) is -0.356. The standard InChI is InChI=1S/C12H17ClFNO2/c1-8(12(16-2)17-3)15-7-9-4-5-10(13)6-11(9)14/h4-6,8,12,15H,7H2,1-3H3. The number of ether oxygens (including phenoxy) is 2. The van der Waals surface area contributed by atoms with Crippen LogP contribution < -0.4 is 5.32 Å². The van der Waals surface area contributed by atoms with Crippen LogP contribution in [0.4, 0.5) is 4.39 Å². The number of methoxy groups -OCH3 is 2. The lowest BCUT2D eigenvalue weighted by Crippen LogP contribution is -2.39. The summed E-state index contributed by atoms with van der Waals surface area (Å²) in [4.78, 5) is 0. The van der Waals surface area contributed by atoms with Crippen LogP contribution in [-0.4, -0.2) is 26.6 Å². The summed E-state index contributed by atoms with van der Waals surface area (Å²) in [5, 5.41) is 3.52. The topological polar surface area (TPSA) is 30.5 Å². The first-order valence-corrected chi connectivity index (χ1v) is 5.69. The van der Waals surface area contributed by atoms with Crippen LogP contribution in [0.2, 0.25) is 5.02 Å². The van der Waals surface area contributed by atoms with Gasteiger partial charge in [0.2, 0.25) is 0 Å². The Balaban J connectivity index is 2.55. The van der Waals surface area contributed by atoms with Gasteiger partial charge in [0, 0.05) is 31.4 Å². The Morgan fingerprint density at radius 1 is 1.35 bits per heavy atom. The van der Waals surface area contributed by atoms with Gasteiger partial charge in [-0.05, 0) is 19.1 Å². The molecule has 1 aromatic carbocycles. The molecule has 1 rings (SSSR count). The molecule has 0 radical (unpaired) electrons. The summed E-state index contributed by atoms with van der Waals surface area (Å²) in [5.41, 5.74) is 0.562. The van der Waals surface area contributed by atoms with Gasteiger partial charge in [0.05, 0.1) is 6.04 Å². The molecule has 0 aliphatic carbocycles. The van der Waals surface area contributed by atoms with Gasteiger partial charge in [-0.2, -0.15) is 0 Å². The molecule has 0 spiro atoms. The summed E-state index contributed by atoms with van der Waals surface area (Å²) in [7, 11) is 3.13. The molecule has 96 valence electrons. The molecule has 0 bridgehead atoms. The van der Waals surface area contributed by atoms with E-state index in [4.69, 9.17) is 21.1 Å². The second kappa shape index (κ2) is 6.91. The highest BCUT2D eigenvalue weighted by molar-refractivity contribution is 6.30. The molecule has 0 amide bonds. The maximum absolute atomic E-state index is 13.5. The van der Waals surface area contributed by atoms with Crippen molar-refractivity contribution in [1.29, 1.82) is 0 Å². The normalized spacial score (nSPS) is 13.1. The predicted octanol–water partition coefficient (Wildman–Crippen LogP) is 2.58. The number of hydrogen-bond donors (Lipinski definition) is 1. The molecular weight excluding hydrogens is 245 g/mol. The lowest BCUT2D eigenvalue weighted by atomic mass is 10.2. The Morgan fingerprint density at radius 3 is 2.53 bits per heavy atom. The van der Waals surface area contributed by atoms with Crippen LogP contribution in [0.3, 0.4) is 0 Å². The van der Waals surface area contributed by atoms with Crippen molar-refractivity contribution in [3.8, 4) is 0 Å². The number of hydrogen-bond acceptors (Lipinski definition) is 3. The average molecular weight is 262 g/mol. The minimum atomic E-state index is -0.356. The van der Waals surface area contributed by atoms with E-state index in [1.54, 1.807) is 26.4 Å². The Labute approximate surface area is 106 Å². The second-order valence-corrected chi connectivity index (χ2v) is 4.18. The van der Waals surface area contributed by atoms with Crippen LogP contribution in [0.15, 0.2) is 18.2 Å². The Morgan fingerprint density at radius 2 is 2.00 bits per heavy atom. The van der Waals surface area contributed by atoms with Gasteiger partial charge in [-0.15, -0.1) is 0 Å². The van der Waals surface area contributed by atoms with Crippen molar-refractivity contribution in [2.24, 2.45) is 0 Å². The van der Waals surface area contributed by atoms with Crippen molar-refractivity contribution < 1.29 is 13.9 Å². The van der Waals surface area contributed by atoms with Gasteiger partial charge in [0.25, 0.3) is 0 Å². The molecule has 1 unspecified atom stereocenters. The molecule has 1 atom stereocenters. The fraction of sp³-hybridized carbons (Fsp3) is 0.500. The van der Waals surface area contributed by atoms with E-state index in [1.165, 1.54) is 6.07 Å². The smallest absolute Gasteiger partial charge is 0.171 e. The van der Waals surface area contributed by atoms with E-state index in [0.29, 0.717) is 17.1 Å². The van der Waals surface area contributed by atoms with Crippen molar-refractivity contribution >= 4 is 11.6 Å². The molecule has 0 aromatic heterocycles. The highest BCUT2D eigenvalue weighted by Crippen LogP contribution is 2.14. The fourth-order valence-corrected chi connectivity index (χ4v) is 1.70. The number of benzene rings is 1. The SMILES string of the molecule is COC(OC)C(C)NCc1ccc(Cl)cc1F. The molecule has 0 aliphatic rings. The third kappa shape index (κ3) is 4.24.